The van der Waals surface area contributed by atoms with E-state index in [-0.39, 0.29) is 94.4 Å². The van der Waals surface area contributed by atoms with Crippen molar-refractivity contribution in [1.29, 1.82) is 0 Å². The van der Waals surface area contributed by atoms with Crippen LogP contribution in [-0.2, 0) is 65.6 Å². The van der Waals surface area contributed by atoms with Crippen LogP contribution in [0, 0.1) is 23.7 Å². The summed E-state index contributed by atoms with van der Waals surface area (Å²) in [6.45, 7) is 15.7. The quantitative estimate of drug-likeness (QED) is 0.0209. The normalized spacial score (nSPS) is 16.6. The number of carbonyl (C=O) groups is 11. The maximum Gasteiger partial charge on any atom is 0.326 e. The number of benzene rings is 2. The topological polar surface area (TPSA) is 523 Å². The number of amides is 10. The summed E-state index contributed by atoms with van der Waals surface area (Å²) in [7, 11) is 0. The molecule has 0 radical (unpaired) electrons. The minimum Gasteiger partial charge on any atom is -0.508 e. The highest BCUT2D eigenvalue weighted by molar-refractivity contribution is 5.99. The largest absolute Gasteiger partial charge is 0.508 e. The van der Waals surface area contributed by atoms with E-state index in [1.54, 1.807) is 55.4 Å². The number of aliphatic imine (C=N–C) groups is 1. The monoisotopic (exact) mass is 1380 g/mol. The number of unbranched alkanes of at least 4 members (excludes halogenated alkanes) is 2. The molecule has 98 heavy (non-hydrogen) atoms. The lowest BCUT2D eigenvalue weighted by molar-refractivity contribution is -0.144. The Morgan fingerprint density at radius 2 is 0.949 bits per heavy atom. The number of nitrogens with two attached hydrogens (primary N) is 5. The molecule has 3 rings (SSSR count). The van der Waals surface area contributed by atoms with Gasteiger partial charge in [0.1, 0.15) is 71.9 Å². The molecular formula is C67H110N16O15. The lowest BCUT2D eigenvalue weighted by Crippen LogP contribution is -2.62. The number of likely N-dealkylation sites (tertiary alicyclic amines) is 1. The van der Waals surface area contributed by atoms with Gasteiger partial charge in [-0.3, -0.25) is 52.9 Å². The van der Waals surface area contributed by atoms with Crippen molar-refractivity contribution in [3.8, 4) is 11.5 Å². The van der Waals surface area contributed by atoms with Gasteiger partial charge in [0.15, 0.2) is 5.96 Å². The van der Waals surface area contributed by atoms with Crippen LogP contribution in [0.15, 0.2) is 53.5 Å². The molecule has 548 valence electrons. The number of aliphatic hydroxyl groups is 1. The minimum atomic E-state index is -1.51. The zero-order valence-electron chi connectivity index (χ0n) is 58.1. The SMILES string of the molecule is CC[C@H](C)[C@H](NC(=O)[C@@H](NC(=O)[C@H](CCCCN)NC(=O)[C@@H](NC(=O)[C@@H](N)CCCCN)[C@@H](C)O)C(C)C)C(=O)N1CCC[C@H]1C(=O)N[C@@H](Cc1ccc(O)cc1)C(=O)N[C@H](C(=O)N[C@@H](CCCN=C(N)N)C(=O)N[C@@H](Cc1ccc(O)cc1)C(=O)N[C@@H](CC(C)C)C(=O)O)C(C)C. The molecule has 31 nitrogen and oxygen atoms in total. The summed E-state index contributed by atoms with van der Waals surface area (Å²) in [5.41, 5.74) is 29.5. The predicted molar refractivity (Wildman–Crippen MR) is 367 cm³/mol. The van der Waals surface area contributed by atoms with Crippen molar-refractivity contribution in [2.24, 2.45) is 57.3 Å². The third-order valence-electron chi connectivity index (χ3n) is 17.0. The van der Waals surface area contributed by atoms with Crippen LogP contribution >= 0.6 is 0 Å². The van der Waals surface area contributed by atoms with Gasteiger partial charge in [-0.15, -0.1) is 0 Å². The molecule has 1 fully saturated rings. The number of carboxylic acids is 1. The van der Waals surface area contributed by atoms with Crippen LogP contribution in [0.1, 0.15) is 150 Å². The van der Waals surface area contributed by atoms with Crippen molar-refractivity contribution >= 4 is 71.0 Å². The Hall–Kier alpha value is -8.68. The molecule has 0 saturated carbocycles. The average Bonchev–Trinajstić information content (AvgIpc) is 1.56. The molecule has 0 spiro atoms. The average molecular weight is 1380 g/mol. The van der Waals surface area contributed by atoms with Gasteiger partial charge in [-0.25, -0.2) is 4.79 Å². The fourth-order valence-electron chi connectivity index (χ4n) is 11.0. The molecule has 10 amide bonds. The third-order valence-corrected chi connectivity index (χ3v) is 17.0. The Labute approximate surface area is 574 Å². The predicted octanol–water partition coefficient (Wildman–Crippen LogP) is -1.25. The van der Waals surface area contributed by atoms with Crippen LogP contribution < -0.4 is 76.5 Å². The Bertz CT molecular complexity index is 2970. The summed E-state index contributed by atoms with van der Waals surface area (Å²) < 4.78 is 0. The molecule has 1 saturated heterocycles. The Morgan fingerprint density at radius 3 is 1.42 bits per heavy atom. The molecule has 0 aromatic heterocycles. The van der Waals surface area contributed by atoms with Crippen molar-refractivity contribution in [2.75, 3.05) is 26.2 Å². The number of phenols is 2. The first-order valence-electron chi connectivity index (χ1n) is 33.9. The zero-order chi connectivity index (χ0) is 73.5. The number of aromatic hydroxyl groups is 2. The van der Waals surface area contributed by atoms with Crippen LogP contribution in [0.4, 0.5) is 0 Å². The summed E-state index contributed by atoms with van der Waals surface area (Å²) in [5, 5.41) is 64.8. The molecule has 31 heteroatoms. The van der Waals surface area contributed by atoms with E-state index in [0.717, 1.165) is 0 Å². The number of phenolic OH excluding ortho intramolecular Hbond substituents is 2. The number of rotatable bonds is 43. The number of nitrogens with one attached hydrogen (secondary N) is 9. The van der Waals surface area contributed by atoms with E-state index >= 15 is 0 Å². The van der Waals surface area contributed by atoms with Crippen LogP contribution in [0.3, 0.4) is 0 Å². The maximum absolute atomic E-state index is 14.9. The van der Waals surface area contributed by atoms with Crippen molar-refractivity contribution in [1.82, 2.24) is 52.8 Å². The lowest BCUT2D eigenvalue weighted by Gasteiger charge is -2.34. The Balaban J connectivity index is 1.95. The second-order valence-corrected chi connectivity index (χ2v) is 26.4. The summed E-state index contributed by atoms with van der Waals surface area (Å²) >= 11 is 0. The van der Waals surface area contributed by atoms with E-state index in [4.69, 9.17) is 28.7 Å². The van der Waals surface area contributed by atoms with Gasteiger partial charge in [0.05, 0.1) is 12.1 Å². The van der Waals surface area contributed by atoms with Gasteiger partial charge in [-0.1, -0.05) is 92.5 Å². The Morgan fingerprint density at radius 1 is 0.531 bits per heavy atom. The molecule has 2 aromatic rings. The third kappa shape index (κ3) is 28.0. The second kappa shape index (κ2) is 42.2. The van der Waals surface area contributed by atoms with E-state index in [1.807, 2.05) is 0 Å². The van der Waals surface area contributed by atoms with E-state index in [2.05, 4.69) is 52.8 Å². The number of aliphatic hydroxyl groups excluding tert-OH is 1. The molecular weight excluding hydrogens is 1270 g/mol. The molecule has 13 atom stereocenters. The van der Waals surface area contributed by atoms with E-state index in [1.165, 1.54) is 60.4 Å². The summed E-state index contributed by atoms with van der Waals surface area (Å²) in [6, 6.07) is -2.94. The highest BCUT2D eigenvalue weighted by Crippen LogP contribution is 2.24. The van der Waals surface area contributed by atoms with Crippen LogP contribution in [-0.4, -0.2) is 195 Å². The zero-order valence-corrected chi connectivity index (χ0v) is 58.1. The second-order valence-electron chi connectivity index (χ2n) is 26.4. The fraction of sp³-hybridized carbons (Fsp3) is 0.642. The molecule has 1 heterocycles. The van der Waals surface area contributed by atoms with Crippen molar-refractivity contribution in [3.05, 3.63) is 59.7 Å². The fourth-order valence-corrected chi connectivity index (χ4v) is 11.0. The number of hydrogen-bond donors (Lipinski definition) is 18. The first-order chi connectivity index (χ1) is 46.2. The highest BCUT2D eigenvalue weighted by atomic mass is 16.4. The first-order valence-corrected chi connectivity index (χ1v) is 33.9. The molecule has 0 unspecified atom stereocenters. The van der Waals surface area contributed by atoms with Crippen LogP contribution in [0.25, 0.3) is 0 Å². The molecule has 23 N–H and O–H groups in total. The number of aliphatic carboxylic acids is 1. The number of hydrogen-bond acceptors (Lipinski definition) is 18. The standard InChI is InChI=1S/C67H110N16O15/c1-10-39(8)54(81-63(94)53(38(6)7)79-58(89)46(18-12-14-30-69)75-64(95)55(40(9)84)82-56(87)45(70)17-11-13-29-68)65(96)83-32-16-20-51(83)61(92)77-49(35-42-23-27-44(86)28-24-42)60(91)80-52(37(4)5)62(93)74-47(19-15-31-73-67(71)72)57(88)76-48(34-41-21-25-43(85)26-22-41)59(90)78-50(66(97)98)33-36(2)3/h21-28,36-40,45-55,84-86H,10-20,29-35,68-70H2,1-9H3,(H,74,93)(H,75,95)(H,76,88)(H,77,92)(H,78,90)(H,79,89)(H,80,91)(H,81,94)(H,82,87)(H,97,98)(H4,71,72,73)/t39-,40+,45-,46-,47-,48-,49-,50-,51-,52-,53-,54-,55-/m0/s1. The molecule has 2 aromatic carbocycles. The van der Waals surface area contributed by atoms with Gasteiger partial charge in [-0.05, 0) is 143 Å². The van der Waals surface area contributed by atoms with E-state index in [9.17, 15) is 73.2 Å². The summed E-state index contributed by atoms with van der Waals surface area (Å²) in [4.78, 5) is 161. The number of guanidine groups is 1. The number of nitrogens with zero attached hydrogens (tertiary/aromatic N) is 2. The van der Waals surface area contributed by atoms with Gasteiger partial charge in [-0.2, -0.15) is 0 Å². The van der Waals surface area contributed by atoms with E-state index < -0.39 is 155 Å². The van der Waals surface area contributed by atoms with Gasteiger partial charge in [0, 0.05) is 25.9 Å². The number of carboxylic acid groups (broad SMARTS) is 1. The molecule has 1 aliphatic rings. The first kappa shape index (κ1) is 83.5. The molecule has 0 bridgehead atoms. The number of carbonyl (C=O) groups excluding carboxylic acids is 10. The van der Waals surface area contributed by atoms with Crippen molar-refractivity contribution < 1.29 is 73.2 Å². The van der Waals surface area contributed by atoms with Gasteiger partial charge >= 0.3 is 5.97 Å². The summed E-state index contributed by atoms with van der Waals surface area (Å²) in [5.74, 6) is -11.6. The highest BCUT2D eigenvalue weighted by Gasteiger charge is 2.43. The van der Waals surface area contributed by atoms with Crippen LogP contribution in [0.2, 0.25) is 0 Å². The summed E-state index contributed by atoms with van der Waals surface area (Å²) in [6.07, 6.45) is 1.45. The van der Waals surface area contributed by atoms with Gasteiger partial charge in [0.2, 0.25) is 59.1 Å². The maximum atomic E-state index is 14.9. The van der Waals surface area contributed by atoms with E-state index in [0.29, 0.717) is 56.2 Å². The minimum absolute atomic E-state index is 0.0145. The molecule has 1 aliphatic heterocycles. The van der Waals surface area contributed by atoms with Crippen LogP contribution in [0.5, 0.6) is 11.5 Å². The van der Waals surface area contributed by atoms with Gasteiger partial charge in [0.25, 0.3) is 0 Å². The van der Waals surface area contributed by atoms with Gasteiger partial charge < -0.3 is 102 Å². The van der Waals surface area contributed by atoms with Crippen molar-refractivity contribution in [3.63, 3.8) is 0 Å². The molecule has 0 aliphatic carbocycles. The Kier molecular flexibility index (Phi) is 36.0. The van der Waals surface area contributed by atoms with Crippen molar-refractivity contribution in [2.45, 2.75) is 225 Å². The smallest absolute Gasteiger partial charge is 0.326 e. The lowest BCUT2D eigenvalue weighted by atomic mass is 9.95.